The van der Waals surface area contributed by atoms with E-state index in [1.165, 1.54) is 23.1 Å². The van der Waals surface area contributed by atoms with Crippen LogP contribution in [0.15, 0.2) is 52.9 Å². The van der Waals surface area contributed by atoms with E-state index in [1.54, 1.807) is 12.1 Å². The van der Waals surface area contributed by atoms with Crippen LogP contribution in [0.2, 0.25) is 0 Å². The van der Waals surface area contributed by atoms with Gasteiger partial charge in [-0.2, -0.15) is 5.01 Å². The van der Waals surface area contributed by atoms with Crippen molar-refractivity contribution < 1.29 is 9.59 Å². The first kappa shape index (κ1) is 18.9. The summed E-state index contributed by atoms with van der Waals surface area (Å²) in [5, 5.41) is 4.03. The zero-order valence-corrected chi connectivity index (χ0v) is 17.7. The second kappa shape index (κ2) is 7.54. The van der Waals surface area contributed by atoms with Crippen molar-refractivity contribution in [1.82, 2.24) is 15.0 Å². The number of hydrazine groups is 1. The van der Waals surface area contributed by atoms with Crippen LogP contribution in [0, 0.1) is 0 Å². The summed E-state index contributed by atoms with van der Waals surface area (Å²) in [7, 11) is 0. The molecule has 0 atom stereocenters. The van der Waals surface area contributed by atoms with E-state index in [2.05, 4.69) is 29.9 Å². The third kappa shape index (κ3) is 3.39. The van der Waals surface area contributed by atoms with Crippen molar-refractivity contribution >= 4 is 68.4 Å². The number of rotatable bonds is 4. The number of fused-ring (bicyclic) bond motifs is 1. The molecule has 1 aromatic carbocycles. The lowest BCUT2D eigenvalue weighted by Crippen LogP contribution is -2.44. The van der Waals surface area contributed by atoms with E-state index in [4.69, 9.17) is 12.2 Å². The minimum absolute atomic E-state index is 0.298. The number of amides is 2. The average Bonchev–Trinajstić information content (AvgIpc) is 3.38. The van der Waals surface area contributed by atoms with E-state index in [0.717, 1.165) is 21.5 Å². The molecule has 28 heavy (non-hydrogen) atoms. The van der Waals surface area contributed by atoms with Gasteiger partial charge in [0.05, 0.1) is 9.78 Å². The molecule has 1 aliphatic rings. The lowest BCUT2D eigenvalue weighted by molar-refractivity contribution is -0.123. The number of nitrogens with one attached hydrogen (secondary N) is 1. The number of carbonyl (C=O) groups is 2. The van der Waals surface area contributed by atoms with Crippen LogP contribution in [-0.4, -0.2) is 25.7 Å². The monoisotopic (exact) mass is 427 g/mol. The number of para-hydroxylation sites is 1. The molecule has 0 radical (unpaired) electrons. The van der Waals surface area contributed by atoms with Crippen LogP contribution in [-0.2, 0) is 4.79 Å². The summed E-state index contributed by atoms with van der Waals surface area (Å²) in [6, 6.07) is 11.9. The lowest BCUT2D eigenvalue weighted by atomic mass is 10.1. The molecule has 0 aliphatic carbocycles. The Labute approximate surface area is 176 Å². The molecule has 0 unspecified atom stereocenters. The van der Waals surface area contributed by atoms with Crippen LogP contribution in [0.5, 0.6) is 0 Å². The Morgan fingerprint density at radius 1 is 1.21 bits per heavy atom. The predicted octanol–water partition coefficient (Wildman–Crippen LogP) is 4.83. The van der Waals surface area contributed by atoms with Crippen LogP contribution in [0.4, 0.5) is 0 Å². The third-order valence-corrected chi connectivity index (χ3v) is 6.54. The van der Waals surface area contributed by atoms with E-state index in [-0.39, 0.29) is 11.8 Å². The summed E-state index contributed by atoms with van der Waals surface area (Å²) in [5.41, 5.74) is 4.67. The number of thiophene rings is 1. The first-order chi connectivity index (χ1) is 13.5. The van der Waals surface area contributed by atoms with E-state index in [9.17, 15) is 9.59 Å². The maximum absolute atomic E-state index is 12.8. The standard InChI is InChI=1S/C20H17N3O2S3/c1-12(2)22-11-13(14-6-3-4-7-15(14)22)10-17-19(25)23(20(26)28-17)21-18(24)16-8-5-9-27-16/h3-12H,1-2H3,(H,21,24)/b17-10+. The van der Waals surface area contributed by atoms with E-state index >= 15 is 0 Å². The van der Waals surface area contributed by atoms with Gasteiger partial charge in [-0.15, -0.1) is 11.3 Å². The topological polar surface area (TPSA) is 54.3 Å². The largest absolute Gasteiger partial charge is 0.344 e. The second-order valence-electron chi connectivity index (χ2n) is 6.54. The fraction of sp³-hybridized carbons (Fsp3) is 0.150. The Kier molecular flexibility index (Phi) is 5.09. The van der Waals surface area contributed by atoms with Crippen LogP contribution in [0.25, 0.3) is 17.0 Å². The second-order valence-corrected chi connectivity index (χ2v) is 9.16. The smallest absolute Gasteiger partial charge is 0.285 e. The molecule has 3 aromatic rings. The van der Waals surface area contributed by atoms with Gasteiger partial charge in [-0.3, -0.25) is 15.0 Å². The highest BCUT2D eigenvalue weighted by Crippen LogP contribution is 2.34. The Morgan fingerprint density at radius 2 is 2.00 bits per heavy atom. The molecule has 1 fully saturated rings. The van der Waals surface area contributed by atoms with Gasteiger partial charge in [0.25, 0.3) is 11.8 Å². The molecule has 0 spiro atoms. The fourth-order valence-electron chi connectivity index (χ4n) is 3.04. The van der Waals surface area contributed by atoms with Gasteiger partial charge in [-0.25, -0.2) is 0 Å². The quantitative estimate of drug-likeness (QED) is 0.479. The van der Waals surface area contributed by atoms with Gasteiger partial charge in [0, 0.05) is 28.7 Å². The van der Waals surface area contributed by atoms with Crippen molar-refractivity contribution in [3.63, 3.8) is 0 Å². The highest BCUT2D eigenvalue weighted by molar-refractivity contribution is 8.26. The predicted molar refractivity (Wildman–Crippen MR) is 119 cm³/mol. The zero-order chi connectivity index (χ0) is 19.8. The van der Waals surface area contributed by atoms with E-state index in [1.807, 2.05) is 35.9 Å². The van der Waals surface area contributed by atoms with Crippen molar-refractivity contribution in [2.24, 2.45) is 0 Å². The molecule has 5 nitrogen and oxygen atoms in total. The Morgan fingerprint density at radius 3 is 2.71 bits per heavy atom. The van der Waals surface area contributed by atoms with Crippen molar-refractivity contribution in [3.8, 4) is 0 Å². The number of thioether (sulfide) groups is 1. The van der Waals surface area contributed by atoms with Gasteiger partial charge in [0.15, 0.2) is 4.32 Å². The average molecular weight is 428 g/mol. The number of benzene rings is 1. The molecular weight excluding hydrogens is 410 g/mol. The summed E-state index contributed by atoms with van der Waals surface area (Å²) in [4.78, 5) is 26.1. The van der Waals surface area contributed by atoms with Crippen LogP contribution < -0.4 is 5.43 Å². The van der Waals surface area contributed by atoms with Gasteiger partial charge >= 0.3 is 0 Å². The molecule has 2 aromatic heterocycles. The number of thiocarbonyl (C=S) groups is 1. The van der Waals surface area contributed by atoms with E-state index in [0.29, 0.717) is 20.1 Å². The maximum atomic E-state index is 12.8. The molecular formula is C20H17N3O2S3. The van der Waals surface area contributed by atoms with Crippen LogP contribution >= 0.6 is 35.3 Å². The van der Waals surface area contributed by atoms with Crippen molar-refractivity contribution in [2.45, 2.75) is 19.9 Å². The SMILES string of the molecule is CC(C)n1cc(/C=C2/SC(=S)N(NC(=O)c3cccs3)C2=O)c2ccccc21. The fourth-order valence-corrected chi connectivity index (χ4v) is 4.83. The number of aromatic nitrogens is 1. The summed E-state index contributed by atoms with van der Waals surface area (Å²) < 4.78 is 2.49. The first-order valence-corrected chi connectivity index (χ1v) is 10.8. The number of nitrogens with zero attached hydrogens (tertiary/aromatic N) is 2. The third-order valence-electron chi connectivity index (χ3n) is 4.37. The number of hydrogen-bond donors (Lipinski definition) is 1. The zero-order valence-electron chi connectivity index (χ0n) is 15.2. The molecule has 8 heteroatoms. The van der Waals surface area contributed by atoms with Crippen molar-refractivity contribution in [2.75, 3.05) is 0 Å². The molecule has 2 amide bonds. The summed E-state index contributed by atoms with van der Waals surface area (Å²) >= 11 is 7.81. The van der Waals surface area contributed by atoms with Gasteiger partial charge in [-0.05, 0) is 49.7 Å². The molecule has 1 saturated heterocycles. The molecule has 142 valence electrons. The Bertz CT molecular complexity index is 1110. The van der Waals surface area contributed by atoms with Crippen molar-refractivity contribution in [1.29, 1.82) is 0 Å². The summed E-state index contributed by atoms with van der Waals surface area (Å²) in [5.74, 6) is -0.662. The molecule has 0 saturated carbocycles. The minimum atomic E-state index is -0.344. The summed E-state index contributed by atoms with van der Waals surface area (Å²) in [6.07, 6.45) is 3.89. The van der Waals surface area contributed by atoms with Crippen LogP contribution in [0.1, 0.15) is 35.1 Å². The van der Waals surface area contributed by atoms with Gasteiger partial charge in [-0.1, -0.05) is 36.0 Å². The maximum Gasteiger partial charge on any atom is 0.285 e. The Hall–Kier alpha value is -2.42. The van der Waals surface area contributed by atoms with Crippen molar-refractivity contribution in [3.05, 3.63) is 63.3 Å². The molecule has 1 N–H and O–H groups in total. The number of carbonyl (C=O) groups excluding carboxylic acids is 2. The Balaban J connectivity index is 1.65. The van der Waals surface area contributed by atoms with E-state index < -0.39 is 0 Å². The molecule has 0 bridgehead atoms. The number of hydrogen-bond acceptors (Lipinski definition) is 5. The molecule has 4 rings (SSSR count). The van der Waals surface area contributed by atoms with Gasteiger partial charge < -0.3 is 4.57 Å². The minimum Gasteiger partial charge on any atom is -0.344 e. The van der Waals surface area contributed by atoms with Crippen LogP contribution in [0.3, 0.4) is 0 Å². The summed E-state index contributed by atoms with van der Waals surface area (Å²) in [6.45, 7) is 4.24. The first-order valence-electron chi connectivity index (χ1n) is 8.67. The lowest BCUT2D eigenvalue weighted by Gasteiger charge is -2.14. The van der Waals surface area contributed by atoms with Gasteiger partial charge in [0.2, 0.25) is 0 Å². The highest BCUT2D eigenvalue weighted by Gasteiger charge is 2.34. The highest BCUT2D eigenvalue weighted by atomic mass is 32.2. The normalized spacial score (nSPS) is 16.0. The van der Waals surface area contributed by atoms with Gasteiger partial charge in [0.1, 0.15) is 0 Å². The molecule has 1 aliphatic heterocycles. The molecule has 3 heterocycles.